The number of hydrogen-bond donors (Lipinski definition) is 2. The number of amides is 1. The van der Waals surface area contributed by atoms with E-state index in [-0.39, 0.29) is 17.2 Å². The molecular weight excluding hydrogens is 278 g/mol. The lowest BCUT2D eigenvalue weighted by molar-refractivity contribution is 0.0698. The third kappa shape index (κ3) is 2.54. The first-order chi connectivity index (χ1) is 10.7. The molecule has 3 rings (SSSR count). The molecule has 2 N–H and O–H groups in total. The fourth-order valence-corrected chi connectivity index (χ4v) is 2.39. The first kappa shape index (κ1) is 13.8. The highest BCUT2D eigenvalue weighted by Crippen LogP contribution is 2.21. The first-order valence-corrected chi connectivity index (χ1v) is 6.78. The number of carboxylic acids is 1. The van der Waals surface area contributed by atoms with E-state index in [0.717, 1.165) is 10.8 Å². The number of rotatable bonds is 3. The number of carboxylic acid groups (broad SMARTS) is 1. The lowest BCUT2D eigenvalue weighted by Crippen LogP contribution is -2.15. The van der Waals surface area contributed by atoms with Crippen molar-refractivity contribution in [1.29, 1.82) is 0 Å². The van der Waals surface area contributed by atoms with Gasteiger partial charge in [0.2, 0.25) is 0 Å². The van der Waals surface area contributed by atoms with Crippen LogP contribution in [-0.2, 0) is 0 Å². The van der Waals surface area contributed by atoms with Crippen LogP contribution >= 0.6 is 0 Å². The highest BCUT2D eigenvalue weighted by Gasteiger charge is 2.14. The van der Waals surface area contributed by atoms with Crippen molar-refractivity contribution in [3.05, 3.63) is 77.9 Å². The zero-order valence-electron chi connectivity index (χ0n) is 11.6. The number of hydrogen-bond acceptors (Lipinski definition) is 2. The zero-order valence-corrected chi connectivity index (χ0v) is 11.6. The predicted molar refractivity (Wildman–Crippen MR) is 85.3 cm³/mol. The maximum Gasteiger partial charge on any atom is 0.337 e. The summed E-state index contributed by atoms with van der Waals surface area (Å²) in [5.74, 6) is -1.40. The molecule has 0 fully saturated rings. The Balaban J connectivity index is 2.00. The van der Waals surface area contributed by atoms with E-state index in [4.69, 9.17) is 5.11 Å². The lowest BCUT2D eigenvalue weighted by atomic mass is 10.0. The van der Waals surface area contributed by atoms with Gasteiger partial charge in [-0.05, 0) is 29.0 Å². The SMILES string of the molecule is O=C(O)c1ccccc1NC(=O)c1cccc2ccccc12. The summed E-state index contributed by atoms with van der Waals surface area (Å²) in [6, 6.07) is 19.4. The molecule has 4 nitrogen and oxygen atoms in total. The van der Waals surface area contributed by atoms with Gasteiger partial charge >= 0.3 is 5.97 Å². The van der Waals surface area contributed by atoms with Crippen molar-refractivity contribution < 1.29 is 14.7 Å². The Kier molecular flexibility index (Phi) is 3.58. The molecule has 0 saturated carbocycles. The number of aromatic carboxylic acids is 1. The molecule has 4 heteroatoms. The normalized spacial score (nSPS) is 10.4. The summed E-state index contributed by atoms with van der Waals surface area (Å²) in [7, 11) is 0. The Morgan fingerprint density at radius 1 is 0.773 bits per heavy atom. The van der Waals surface area contributed by atoms with Gasteiger partial charge in [-0.3, -0.25) is 4.79 Å². The quantitative estimate of drug-likeness (QED) is 0.771. The summed E-state index contributed by atoms with van der Waals surface area (Å²) in [4.78, 5) is 23.7. The molecule has 3 aromatic rings. The van der Waals surface area contributed by atoms with Gasteiger partial charge in [0.15, 0.2) is 0 Å². The fourth-order valence-electron chi connectivity index (χ4n) is 2.39. The van der Waals surface area contributed by atoms with Gasteiger partial charge in [-0.2, -0.15) is 0 Å². The van der Waals surface area contributed by atoms with Crippen LogP contribution in [0.4, 0.5) is 5.69 Å². The highest BCUT2D eigenvalue weighted by atomic mass is 16.4. The summed E-state index contributed by atoms with van der Waals surface area (Å²) >= 11 is 0. The molecule has 0 aliphatic heterocycles. The minimum absolute atomic E-state index is 0.0658. The van der Waals surface area contributed by atoms with Crippen molar-refractivity contribution in [3.63, 3.8) is 0 Å². The Labute approximate surface area is 127 Å². The van der Waals surface area contributed by atoms with Crippen LogP contribution in [0.5, 0.6) is 0 Å². The van der Waals surface area contributed by atoms with E-state index < -0.39 is 5.97 Å². The van der Waals surface area contributed by atoms with Gasteiger partial charge in [0.05, 0.1) is 11.3 Å². The largest absolute Gasteiger partial charge is 0.478 e. The zero-order chi connectivity index (χ0) is 15.5. The van der Waals surface area contributed by atoms with Crippen LogP contribution in [0.2, 0.25) is 0 Å². The summed E-state index contributed by atoms with van der Waals surface area (Å²) in [6.45, 7) is 0. The van der Waals surface area contributed by atoms with Gasteiger partial charge in [-0.15, -0.1) is 0 Å². The standard InChI is InChI=1S/C18H13NO3/c20-17(19-16-11-4-3-9-15(16)18(21)22)14-10-5-7-12-6-1-2-8-13(12)14/h1-11H,(H,19,20)(H,21,22). The third-order valence-electron chi connectivity index (χ3n) is 3.44. The van der Waals surface area contributed by atoms with Gasteiger partial charge in [0, 0.05) is 5.56 Å². The van der Waals surface area contributed by atoms with Crippen LogP contribution in [0, 0.1) is 0 Å². The average molecular weight is 291 g/mol. The van der Waals surface area contributed by atoms with Crippen LogP contribution in [-0.4, -0.2) is 17.0 Å². The van der Waals surface area contributed by atoms with Crippen molar-refractivity contribution in [3.8, 4) is 0 Å². The topological polar surface area (TPSA) is 66.4 Å². The second kappa shape index (κ2) is 5.69. The van der Waals surface area contributed by atoms with Crippen LogP contribution in [0.15, 0.2) is 66.7 Å². The van der Waals surface area contributed by atoms with E-state index >= 15 is 0 Å². The van der Waals surface area contributed by atoms with Gasteiger partial charge in [0.1, 0.15) is 0 Å². The molecular formula is C18H13NO3. The maximum absolute atomic E-state index is 12.5. The molecule has 0 aliphatic carbocycles. The molecule has 0 bridgehead atoms. The number of nitrogens with one attached hydrogen (secondary N) is 1. The maximum atomic E-state index is 12.5. The summed E-state index contributed by atoms with van der Waals surface area (Å²) in [5.41, 5.74) is 0.863. The highest BCUT2D eigenvalue weighted by molar-refractivity contribution is 6.14. The number of benzene rings is 3. The third-order valence-corrected chi connectivity index (χ3v) is 3.44. The second-order valence-electron chi connectivity index (χ2n) is 4.83. The van der Waals surface area contributed by atoms with E-state index in [1.54, 1.807) is 30.3 Å². The molecule has 3 aromatic carbocycles. The molecule has 0 radical (unpaired) electrons. The van der Waals surface area contributed by atoms with Crippen molar-refractivity contribution in [2.75, 3.05) is 5.32 Å². The lowest BCUT2D eigenvalue weighted by Gasteiger charge is -2.10. The number of carbonyl (C=O) groups excluding carboxylic acids is 1. The molecule has 22 heavy (non-hydrogen) atoms. The van der Waals surface area contributed by atoms with E-state index in [1.807, 2.05) is 30.3 Å². The number of carbonyl (C=O) groups is 2. The summed E-state index contributed by atoms with van der Waals surface area (Å²) in [5, 5.41) is 13.6. The van der Waals surface area contributed by atoms with Crippen LogP contribution in [0.25, 0.3) is 10.8 Å². The van der Waals surface area contributed by atoms with E-state index in [9.17, 15) is 9.59 Å². The molecule has 0 unspecified atom stereocenters. The molecule has 0 saturated heterocycles. The van der Waals surface area contributed by atoms with Gasteiger partial charge in [0.25, 0.3) is 5.91 Å². The summed E-state index contributed by atoms with van der Waals surface area (Å²) in [6.07, 6.45) is 0. The van der Waals surface area contributed by atoms with Crippen molar-refractivity contribution in [1.82, 2.24) is 0 Å². The van der Waals surface area contributed by atoms with Crippen LogP contribution < -0.4 is 5.32 Å². The second-order valence-corrected chi connectivity index (χ2v) is 4.83. The first-order valence-electron chi connectivity index (χ1n) is 6.78. The summed E-state index contributed by atoms with van der Waals surface area (Å²) < 4.78 is 0. The molecule has 0 spiro atoms. The molecule has 0 heterocycles. The predicted octanol–water partition coefficient (Wildman–Crippen LogP) is 3.79. The Morgan fingerprint density at radius 2 is 1.41 bits per heavy atom. The number of fused-ring (bicyclic) bond motifs is 1. The van der Waals surface area contributed by atoms with E-state index in [2.05, 4.69) is 5.32 Å². The number of para-hydroxylation sites is 1. The Bertz CT molecular complexity index is 866. The van der Waals surface area contributed by atoms with Gasteiger partial charge < -0.3 is 10.4 Å². The molecule has 0 aliphatic rings. The van der Waals surface area contributed by atoms with Gasteiger partial charge in [-0.25, -0.2) is 4.79 Å². The van der Waals surface area contributed by atoms with Crippen molar-refractivity contribution in [2.45, 2.75) is 0 Å². The number of anilines is 1. The van der Waals surface area contributed by atoms with Crippen LogP contribution in [0.3, 0.4) is 0 Å². The van der Waals surface area contributed by atoms with Gasteiger partial charge in [-0.1, -0.05) is 48.5 Å². The van der Waals surface area contributed by atoms with Crippen molar-refractivity contribution in [2.24, 2.45) is 0 Å². The molecule has 0 aromatic heterocycles. The monoisotopic (exact) mass is 291 g/mol. The van der Waals surface area contributed by atoms with Crippen LogP contribution in [0.1, 0.15) is 20.7 Å². The smallest absolute Gasteiger partial charge is 0.337 e. The van der Waals surface area contributed by atoms with Crippen molar-refractivity contribution >= 4 is 28.3 Å². The Morgan fingerprint density at radius 3 is 2.23 bits per heavy atom. The minimum Gasteiger partial charge on any atom is -0.478 e. The minimum atomic E-state index is -1.08. The van der Waals surface area contributed by atoms with E-state index in [1.165, 1.54) is 6.07 Å². The Hall–Kier alpha value is -3.14. The molecule has 108 valence electrons. The fraction of sp³-hybridized carbons (Fsp3) is 0. The molecule has 1 amide bonds. The molecule has 0 atom stereocenters. The average Bonchev–Trinajstić information content (AvgIpc) is 2.54. The van der Waals surface area contributed by atoms with E-state index in [0.29, 0.717) is 5.56 Å².